The number of rotatable bonds is 4. The van der Waals surface area contributed by atoms with Gasteiger partial charge < -0.3 is 25.3 Å². The van der Waals surface area contributed by atoms with E-state index in [2.05, 4.69) is 5.32 Å². The zero-order valence-electron chi connectivity index (χ0n) is 13.3. The number of benzene rings is 1. The second-order valence-electron chi connectivity index (χ2n) is 6.29. The summed E-state index contributed by atoms with van der Waals surface area (Å²) in [5.41, 5.74) is 6.55. The molecule has 6 heteroatoms. The summed E-state index contributed by atoms with van der Waals surface area (Å²) < 4.78 is 16.4. The van der Waals surface area contributed by atoms with Crippen LogP contribution in [0.4, 0.5) is 4.79 Å². The lowest BCUT2D eigenvalue weighted by Crippen LogP contribution is -2.41. The van der Waals surface area contributed by atoms with Crippen molar-refractivity contribution in [3.8, 4) is 11.5 Å². The fraction of sp³-hybridized carbons (Fsp3) is 0.562. The maximum absolute atomic E-state index is 11.6. The van der Waals surface area contributed by atoms with Gasteiger partial charge in [0.25, 0.3) is 0 Å². The van der Waals surface area contributed by atoms with Gasteiger partial charge in [-0.2, -0.15) is 0 Å². The lowest BCUT2D eigenvalue weighted by Gasteiger charge is -2.23. The molecule has 1 aromatic carbocycles. The first-order chi connectivity index (χ1) is 10.3. The summed E-state index contributed by atoms with van der Waals surface area (Å²) in [4.78, 5) is 11.6. The maximum Gasteiger partial charge on any atom is 0.407 e. The largest absolute Gasteiger partial charge is 0.486 e. The van der Waals surface area contributed by atoms with Crippen LogP contribution in [0.3, 0.4) is 0 Å². The molecule has 3 N–H and O–H groups in total. The number of fused-ring (bicyclic) bond motifs is 1. The van der Waals surface area contributed by atoms with E-state index in [9.17, 15) is 4.79 Å². The average molecular weight is 308 g/mol. The van der Waals surface area contributed by atoms with Gasteiger partial charge in [-0.1, -0.05) is 12.1 Å². The molecule has 22 heavy (non-hydrogen) atoms. The monoisotopic (exact) mass is 308 g/mol. The smallest absolute Gasteiger partial charge is 0.407 e. The Labute approximate surface area is 130 Å². The number of carbonyl (C=O) groups is 1. The second-order valence-corrected chi connectivity index (χ2v) is 6.29. The molecule has 1 aromatic rings. The maximum atomic E-state index is 11.6. The van der Waals surface area contributed by atoms with Gasteiger partial charge in [-0.25, -0.2) is 4.79 Å². The Hall–Kier alpha value is -1.95. The molecule has 0 bridgehead atoms. The van der Waals surface area contributed by atoms with Crippen LogP contribution in [-0.2, 0) is 11.2 Å². The van der Waals surface area contributed by atoms with Crippen LogP contribution in [0.25, 0.3) is 0 Å². The molecule has 1 unspecified atom stereocenters. The molecule has 0 fully saturated rings. The molecule has 1 atom stereocenters. The number of amides is 1. The lowest BCUT2D eigenvalue weighted by molar-refractivity contribution is 0.0524. The quantitative estimate of drug-likeness (QED) is 0.887. The Bertz CT molecular complexity index is 525. The van der Waals surface area contributed by atoms with Gasteiger partial charge in [-0.05, 0) is 38.8 Å². The Morgan fingerprint density at radius 1 is 1.36 bits per heavy atom. The van der Waals surface area contributed by atoms with Gasteiger partial charge in [0.05, 0.1) is 0 Å². The fourth-order valence-electron chi connectivity index (χ4n) is 2.18. The Kier molecular flexibility index (Phi) is 5.13. The first-order valence-electron chi connectivity index (χ1n) is 7.45. The molecule has 6 nitrogen and oxygen atoms in total. The Morgan fingerprint density at radius 3 is 2.82 bits per heavy atom. The first-order valence-corrected chi connectivity index (χ1v) is 7.45. The predicted molar refractivity (Wildman–Crippen MR) is 83.3 cm³/mol. The fourth-order valence-corrected chi connectivity index (χ4v) is 2.18. The van der Waals surface area contributed by atoms with Gasteiger partial charge >= 0.3 is 6.09 Å². The summed E-state index contributed by atoms with van der Waals surface area (Å²) in [5.74, 6) is 1.50. The van der Waals surface area contributed by atoms with Crippen LogP contribution >= 0.6 is 0 Å². The zero-order chi connectivity index (χ0) is 16.2. The highest BCUT2D eigenvalue weighted by molar-refractivity contribution is 5.67. The highest BCUT2D eigenvalue weighted by Gasteiger charge is 2.19. The summed E-state index contributed by atoms with van der Waals surface area (Å²) in [6.45, 7) is 6.89. The van der Waals surface area contributed by atoms with Crippen LogP contribution in [0.1, 0.15) is 26.3 Å². The van der Waals surface area contributed by atoms with Gasteiger partial charge in [-0.3, -0.25) is 0 Å². The average Bonchev–Trinajstić information content (AvgIpc) is 2.44. The highest BCUT2D eigenvalue weighted by Crippen LogP contribution is 2.34. The number of hydrogen-bond acceptors (Lipinski definition) is 5. The summed E-state index contributed by atoms with van der Waals surface area (Å²) in [6, 6.07) is 5.52. The van der Waals surface area contributed by atoms with Crippen LogP contribution in [0.5, 0.6) is 11.5 Å². The number of ether oxygens (including phenoxy) is 3. The zero-order valence-corrected chi connectivity index (χ0v) is 13.3. The second kappa shape index (κ2) is 6.87. The van der Waals surface area contributed by atoms with Gasteiger partial charge in [0.1, 0.15) is 18.8 Å². The topological polar surface area (TPSA) is 82.8 Å². The number of nitrogens with one attached hydrogen (secondary N) is 1. The van der Waals surface area contributed by atoms with E-state index < -0.39 is 11.7 Å². The van der Waals surface area contributed by atoms with E-state index in [1.54, 1.807) is 0 Å². The van der Waals surface area contributed by atoms with E-state index in [1.165, 1.54) is 0 Å². The molecular formula is C16H24N2O4. The van der Waals surface area contributed by atoms with Crippen LogP contribution in [-0.4, -0.2) is 37.5 Å². The molecule has 0 aromatic heterocycles. The van der Waals surface area contributed by atoms with Crippen LogP contribution in [0.15, 0.2) is 18.2 Å². The van der Waals surface area contributed by atoms with Crippen molar-refractivity contribution in [1.29, 1.82) is 0 Å². The molecule has 2 rings (SSSR count). The molecule has 1 amide bonds. The SMILES string of the molecule is CC(C)(C)OC(=O)NCC(N)Cc1cccc2c1OCCO2. The van der Waals surface area contributed by atoms with Crippen molar-refractivity contribution in [2.45, 2.75) is 38.8 Å². The van der Waals surface area contributed by atoms with Crippen molar-refractivity contribution in [3.05, 3.63) is 23.8 Å². The van der Waals surface area contributed by atoms with E-state index >= 15 is 0 Å². The van der Waals surface area contributed by atoms with Crippen molar-refractivity contribution in [3.63, 3.8) is 0 Å². The minimum atomic E-state index is -0.516. The van der Waals surface area contributed by atoms with E-state index in [1.807, 2.05) is 39.0 Å². The molecule has 0 saturated carbocycles. The van der Waals surface area contributed by atoms with Crippen LogP contribution < -0.4 is 20.5 Å². The molecule has 1 aliphatic rings. The van der Waals surface area contributed by atoms with Crippen molar-refractivity contribution in [2.24, 2.45) is 5.73 Å². The standard InChI is InChI=1S/C16H24N2O4/c1-16(2,3)22-15(19)18-10-12(17)9-11-5-4-6-13-14(11)21-8-7-20-13/h4-6,12H,7-10,17H2,1-3H3,(H,18,19). The summed E-state index contributed by atoms with van der Waals surface area (Å²) >= 11 is 0. The van der Waals surface area contributed by atoms with Gasteiger partial charge in [0.2, 0.25) is 0 Å². The van der Waals surface area contributed by atoms with Crippen molar-refractivity contribution < 1.29 is 19.0 Å². The van der Waals surface area contributed by atoms with Crippen LogP contribution in [0, 0.1) is 0 Å². The first kappa shape index (κ1) is 16.4. The van der Waals surface area contributed by atoms with Crippen molar-refractivity contribution in [1.82, 2.24) is 5.32 Å². The minimum absolute atomic E-state index is 0.232. The normalized spacial score (nSPS) is 15.1. The number of hydrogen-bond donors (Lipinski definition) is 2. The van der Waals surface area contributed by atoms with E-state index in [4.69, 9.17) is 19.9 Å². The lowest BCUT2D eigenvalue weighted by atomic mass is 10.0. The summed E-state index contributed by atoms with van der Waals surface area (Å²) in [5, 5.41) is 2.68. The number of nitrogens with two attached hydrogens (primary N) is 1. The van der Waals surface area contributed by atoms with E-state index in [0.717, 1.165) is 17.1 Å². The Balaban J connectivity index is 1.87. The molecule has 0 aliphatic carbocycles. The Morgan fingerprint density at radius 2 is 2.09 bits per heavy atom. The van der Waals surface area contributed by atoms with Gasteiger partial charge in [0.15, 0.2) is 11.5 Å². The molecular weight excluding hydrogens is 284 g/mol. The van der Waals surface area contributed by atoms with E-state index in [-0.39, 0.29) is 6.04 Å². The third-order valence-corrected chi connectivity index (χ3v) is 3.04. The number of alkyl carbamates (subject to hydrolysis) is 1. The minimum Gasteiger partial charge on any atom is -0.486 e. The predicted octanol–water partition coefficient (Wildman–Crippen LogP) is 1.85. The van der Waals surface area contributed by atoms with Gasteiger partial charge in [-0.15, -0.1) is 0 Å². The van der Waals surface area contributed by atoms with Crippen molar-refractivity contribution in [2.75, 3.05) is 19.8 Å². The molecule has 0 saturated heterocycles. The number of carbonyl (C=O) groups excluding carboxylic acids is 1. The van der Waals surface area contributed by atoms with Crippen LogP contribution in [0.2, 0.25) is 0 Å². The highest BCUT2D eigenvalue weighted by atomic mass is 16.6. The molecule has 0 radical (unpaired) electrons. The molecule has 122 valence electrons. The summed E-state index contributed by atoms with van der Waals surface area (Å²) in [6.07, 6.45) is 0.125. The number of para-hydroxylation sites is 1. The van der Waals surface area contributed by atoms with Gasteiger partial charge in [0, 0.05) is 12.6 Å². The molecule has 1 heterocycles. The van der Waals surface area contributed by atoms with Crippen molar-refractivity contribution >= 4 is 6.09 Å². The third kappa shape index (κ3) is 4.80. The molecule has 1 aliphatic heterocycles. The molecule has 0 spiro atoms. The van der Waals surface area contributed by atoms with E-state index in [0.29, 0.717) is 26.2 Å². The summed E-state index contributed by atoms with van der Waals surface area (Å²) in [7, 11) is 0. The third-order valence-electron chi connectivity index (χ3n) is 3.04.